The van der Waals surface area contributed by atoms with Crippen molar-refractivity contribution in [2.24, 2.45) is 5.73 Å². The van der Waals surface area contributed by atoms with Gasteiger partial charge in [0, 0.05) is 36.8 Å². The Hall–Kier alpha value is -2.20. The van der Waals surface area contributed by atoms with Crippen molar-refractivity contribution in [1.82, 2.24) is 15.2 Å². The first kappa shape index (κ1) is 15.1. The molecule has 3 unspecified atom stereocenters. The number of benzene rings is 1. The van der Waals surface area contributed by atoms with Gasteiger partial charge in [0.05, 0.1) is 11.1 Å². The normalized spacial score (nSPS) is 27.6. The van der Waals surface area contributed by atoms with Crippen LogP contribution in [-0.4, -0.2) is 52.5 Å². The average molecular weight is 359 g/mol. The van der Waals surface area contributed by atoms with Crippen molar-refractivity contribution in [2.75, 3.05) is 18.2 Å². The number of primary amides is 1. The van der Waals surface area contributed by atoms with E-state index in [1.807, 2.05) is 5.38 Å². The lowest BCUT2D eigenvalue weighted by molar-refractivity contribution is -0.0615. The molecule has 0 spiro atoms. The molecule has 9 heteroatoms. The molecule has 2 aromatic rings. The number of anilines is 1. The van der Waals surface area contributed by atoms with Crippen molar-refractivity contribution in [3.05, 3.63) is 29.3 Å². The van der Waals surface area contributed by atoms with Gasteiger partial charge in [-0.2, -0.15) is 5.06 Å². The number of nitrogens with two attached hydrogens (primary N) is 1. The van der Waals surface area contributed by atoms with E-state index in [1.54, 1.807) is 18.3 Å². The van der Waals surface area contributed by atoms with Crippen LogP contribution >= 0.6 is 11.3 Å². The number of hydroxylamine groups is 1. The fraction of sp³-hybridized carbons (Fsp3) is 0.375. The number of carbonyl (C=O) groups is 1. The molecule has 1 amide bonds. The van der Waals surface area contributed by atoms with Crippen molar-refractivity contribution < 1.29 is 14.7 Å². The van der Waals surface area contributed by atoms with Gasteiger partial charge >= 0.3 is 0 Å². The third-order valence-electron chi connectivity index (χ3n) is 4.98. The molecule has 3 fully saturated rings. The van der Waals surface area contributed by atoms with Gasteiger partial charge in [-0.3, -0.25) is 10.0 Å². The van der Waals surface area contributed by atoms with Gasteiger partial charge in [-0.25, -0.2) is 9.88 Å². The Morgan fingerprint density at radius 1 is 1.40 bits per heavy atom. The van der Waals surface area contributed by atoms with E-state index in [0.29, 0.717) is 23.5 Å². The molecular weight excluding hydrogens is 342 g/mol. The molecule has 2 bridgehead atoms. The molecule has 25 heavy (non-hydrogen) atoms. The Bertz CT molecular complexity index is 827. The highest BCUT2D eigenvalue weighted by atomic mass is 32.1. The van der Waals surface area contributed by atoms with Crippen molar-refractivity contribution >= 4 is 22.9 Å². The van der Waals surface area contributed by atoms with Gasteiger partial charge in [-0.15, -0.1) is 11.3 Å². The maximum atomic E-state index is 11.8. The molecule has 4 aliphatic rings. The number of fused-ring (bicyclic) bond motifs is 3. The monoisotopic (exact) mass is 359 g/mol. The van der Waals surface area contributed by atoms with Crippen LogP contribution < -0.4 is 20.9 Å². The summed E-state index contributed by atoms with van der Waals surface area (Å²) in [7, 11) is 0. The Labute approximate surface area is 147 Å². The van der Waals surface area contributed by atoms with E-state index in [1.165, 1.54) is 11.3 Å². The largest absolute Gasteiger partial charge is 0.452 e. The molecule has 4 N–H and O–H groups in total. The number of carbonyl (C=O) groups excluding carboxylic acids is 1. The Morgan fingerprint density at radius 2 is 2.16 bits per heavy atom. The van der Waals surface area contributed by atoms with Crippen molar-refractivity contribution in [3.8, 4) is 16.3 Å². The number of nitrogens with zero attached hydrogens (tertiary/aromatic N) is 3. The summed E-state index contributed by atoms with van der Waals surface area (Å²) in [6, 6.07) is 4.23. The molecule has 0 radical (unpaired) electrons. The number of hydrogen-bond donors (Lipinski definition) is 3. The van der Waals surface area contributed by atoms with Crippen LogP contribution in [0.1, 0.15) is 16.8 Å². The summed E-state index contributed by atoms with van der Waals surface area (Å²) in [5.74, 6) is -0.153. The fourth-order valence-electron chi connectivity index (χ4n) is 3.86. The topological polar surface area (TPSA) is 104 Å². The van der Waals surface area contributed by atoms with E-state index >= 15 is 0 Å². The predicted molar refractivity (Wildman–Crippen MR) is 91.7 cm³/mol. The zero-order chi connectivity index (χ0) is 17.1. The smallest absolute Gasteiger partial charge is 0.255 e. The van der Waals surface area contributed by atoms with Crippen LogP contribution in [0, 0.1) is 0 Å². The number of rotatable bonds is 3. The maximum Gasteiger partial charge on any atom is 0.255 e. The Kier molecular flexibility index (Phi) is 3.26. The van der Waals surface area contributed by atoms with Crippen molar-refractivity contribution in [3.63, 3.8) is 0 Å². The van der Waals surface area contributed by atoms with Gasteiger partial charge in [0.25, 0.3) is 12.3 Å². The first-order chi connectivity index (χ1) is 12.1. The molecule has 4 aliphatic heterocycles. The molecule has 1 aromatic heterocycles. The van der Waals surface area contributed by atoms with Crippen LogP contribution in [-0.2, 0) is 0 Å². The van der Waals surface area contributed by atoms with Crippen LogP contribution in [0.15, 0.2) is 23.7 Å². The quantitative estimate of drug-likeness (QED) is 0.745. The lowest BCUT2D eigenvalue weighted by Gasteiger charge is -2.49. The SMILES string of the molecule is NC(=O)c1ccc(-c2nccs2)c2c1N(O)C(N1CC3CC(C1)N3)O2. The van der Waals surface area contributed by atoms with E-state index in [-0.39, 0.29) is 5.56 Å². The summed E-state index contributed by atoms with van der Waals surface area (Å²) in [5.41, 5.74) is 6.80. The van der Waals surface area contributed by atoms with Gasteiger partial charge < -0.3 is 15.8 Å². The molecule has 5 heterocycles. The molecular formula is C16H17N5O3S. The van der Waals surface area contributed by atoms with Crippen molar-refractivity contribution in [1.29, 1.82) is 0 Å². The molecule has 130 valence electrons. The highest BCUT2D eigenvalue weighted by Crippen LogP contribution is 2.47. The molecule has 3 atom stereocenters. The minimum Gasteiger partial charge on any atom is -0.452 e. The molecule has 8 nitrogen and oxygen atoms in total. The van der Waals surface area contributed by atoms with Gasteiger partial charge in [0.1, 0.15) is 10.7 Å². The highest BCUT2D eigenvalue weighted by Gasteiger charge is 2.45. The van der Waals surface area contributed by atoms with Crippen LogP contribution in [0.4, 0.5) is 5.69 Å². The lowest BCUT2D eigenvalue weighted by Crippen LogP contribution is -2.70. The summed E-state index contributed by atoms with van der Waals surface area (Å²) in [6.45, 7) is 1.56. The van der Waals surface area contributed by atoms with E-state index in [0.717, 1.165) is 35.1 Å². The van der Waals surface area contributed by atoms with Crippen LogP contribution in [0.3, 0.4) is 0 Å². The molecule has 1 aromatic carbocycles. The number of hydrogen-bond acceptors (Lipinski definition) is 8. The second-order valence-corrected chi connectivity index (χ2v) is 7.47. The van der Waals surface area contributed by atoms with E-state index < -0.39 is 12.3 Å². The van der Waals surface area contributed by atoms with Crippen LogP contribution in [0.5, 0.6) is 5.75 Å². The highest BCUT2D eigenvalue weighted by molar-refractivity contribution is 7.13. The summed E-state index contributed by atoms with van der Waals surface area (Å²) < 4.78 is 6.11. The Balaban J connectivity index is 1.57. The first-order valence-electron chi connectivity index (χ1n) is 8.13. The number of amides is 1. The summed E-state index contributed by atoms with van der Waals surface area (Å²) >= 11 is 1.47. The third-order valence-corrected chi connectivity index (χ3v) is 5.79. The average Bonchev–Trinajstić information content (AvgIpc) is 3.22. The van der Waals surface area contributed by atoms with Gasteiger partial charge in [-0.1, -0.05) is 0 Å². The number of thiazole rings is 1. The third kappa shape index (κ3) is 2.24. The number of aromatic nitrogens is 1. The molecule has 0 aliphatic carbocycles. The molecule has 0 saturated carbocycles. The van der Waals surface area contributed by atoms with Gasteiger partial charge in [0.15, 0.2) is 5.75 Å². The number of piperazine rings is 1. The van der Waals surface area contributed by atoms with Gasteiger partial charge in [0.2, 0.25) is 0 Å². The predicted octanol–water partition coefficient (Wildman–Crippen LogP) is 0.827. The van der Waals surface area contributed by atoms with Gasteiger partial charge in [-0.05, 0) is 18.6 Å². The zero-order valence-corrected chi connectivity index (χ0v) is 14.1. The second kappa shape index (κ2) is 5.40. The number of piperidine rings is 1. The summed E-state index contributed by atoms with van der Waals surface area (Å²) in [6.07, 6.45) is 2.20. The number of nitrogens with one attached hydrogen (secondary N) is 1. The minimum absolute atomic E-state index is 0.237. The van der Waals surface area contributed by atoms with Crippen LogP contribution in [0.25, 0.3) is 10.6 Å². The zero-order valence-electron chi connectivity index (χ0n) is 13.3. The summed E-state index contributed by atoms with van der Waals surface area (Å²) in [4.78, 5) is 18.2. The van der Waals surface area contributed by atoms with E-state index in [4.69, 9.17) is 10.5 Å². The maximum absolute atomic E-state index is 11.8. The number of ether oxygens (including phenoxy) is 1. The summed E-state index contributed by atoms with van der Waals surface area (Å²) in [5, 5.41) is 17.9. The Morgan fingerprint density at radius 3 is 2.80 bits per heavy atom. The first-order valence-corrected chi connectivity index (χ1v) is 9.01. The van der Waals surface area contributed by atoms with Crippen LogP contribution in [0.2, 0.25) is 0 Å². The fourth-order valence-corrected chi connectivity index (χ4v) is 4.52. The van der Waals surface area contributed by atoms with Crippen molar-refractivity contribution in [2.45, 2.75) is 24.9 Å². The standard InChI is InChI=1S/C16H17N5O3S/c17-14(22)10-1-2-11(15-18-3-4-25-15)13-12(10)21(23)16(24-13)20-6-8-5-9(7-20)19-8/h1-4,8-9,16,19,23H,5-7H2,(H2,17,22). The molecule has 6 rings (SSSR count). The lowest BCUT2D eigenvalue weighted by atomic mass is 9.91. The second-order valence-electron chi connectivity index (χ2n) is 6.58. The minimum atomic E-state index is -0.665. The van der Waals surface area contributed by atoms with E-state index in [2.05, 4.69) is 15.2 Å². The molecule has 3 saturated heterocycles. The van der Waals surface area contributed by atoms with E-state index in [9.17, 15) is 10.0 Å².